The lowest BCUT2D eigenvalue weighted by molar-refractivity contribution is 0.395. The summed E-state index contributed by atoms with van der Waals surface area (Å²) in [7, 11) is 0. The Morgan fingerprint density at radius 1 is 1.00 bits per heavy atom. The molecule has 1 aromatic rings. The van der Waals surface area contributed by atoms with Gasteiger partial charge < -0.3 is 15.3 Å². The molecule has 0 fully saturated rings. The Hall–Kier alpha value is -1.38. The highest BCUT2D eigenvalue weighted by molar-refractivity contribution is 5.48. The largest absolute Gasteiger partial charge is 0.508 e. The maximum absolute atomic E-state index is 9.10. The van der Waals surface area contributed by atoms with Crippen LogP contribution in [0.25, 0.3) is 0 Å². The van der Waals surface area contributed by atoms with E-state index in [1.807, 2.05) is 0 Å². The topological polar surface area (TPSA) is 60.7 Å². The van der Waals surface area contributed by atoms with Crippen LogP contribution in [-0.4, -0.2) is 15.3 Å². The first-order valence-electron chi connectivity index (χ1n) is 3.18. The van der Waals surface area contributed by atoms with E-state index in [0.717, 1.165) is 6.07 Å². The van der Waals surface area contributed by atoms with E-state index in [4.69, 9.17) is 15.3 Å². The molecule has 0 aliphatic heterocycles. The van der Waals surface area contributed by atoms with Gasteiger partial charge >= 0.3 is 0 Å². The Balaban J connectivity index is 3.21. The first kappa shape index (κ1) is 7.72. The lowest BCUT2D eigenvalue weighted by atomic mass is 10.1. The number of hydrogen-bond donors (Lipinski definition) is 3. The molecule has 0 saturated carbocycles. The maximum atomic E-state index is 9.10. The molecule has 0 heterocycles. The van der Waals surface area contributed by atoms with Gasteiger partial charge in [0.15, 0.2) is 11.5 Å². The SMILES string of the molecule is [CH2]Cc1cc(O)c(O)cc1O. The molecule has 0 aliphatic carbocycles. The third-order valence-corrected chi connectivity index (χ3v) is 1.45. The lowest BCUT2D eigenvalue weighted by Crippen LogP contribution is -1.81. The minimum atomic E-state index is -0.320. The number of phenols is 3. The molecule has 0 amide bonds. The van der Waals surface area contributed by atoms with Gasteiger partial charge in [-0.3, -0.25) is 0 Å². The summed E-state index contributed by atoms with van der Waals surface area (Å²) in [6.07, 6.45) is 0.375. The molecule has 1 radical (unpaired) electrons. The zero-order chi connectivity index (χ0) is 8.43. The third-order valence-electron chi connectivity index (χ3n) is 1.45. The van der Waals surface area contributed by atoms with Gasteiger partial charge in [-0.25, -0.2) is 0 Å². The summed E-state index contributed by atoms with van der Waals surface area (Å²) in [5, 5.41) is 27.0. The Kier molecular flexibility index (Phi) is 1.89. The smallest absolute Gasteiger partial charge is 0.161 e. The van der Waals surface area contributed by atoms with Gasteiger partial charge in [0.25, 0.3) is 0 Å². The number of benzene rings is 1. The monoisotopic (exact) mass is 153 g/mol. The molecule has 1 aromatic carbocycles. The van der Waals surface area contributed by atoms with Gasteiger partial charge in [0, 0.05) is 6.07 Å². The summed E-state index contributed by atoms with van der Waals surface area (Å²) in [6, 6.07) is 2.38. The van der Waals surface area contributed by atoms with Crippen molar-refractivity contribution in [3.8, 4) is 17.2 Å². The fraction of sp³-hybridized carbons (Fsp3) is 0.125. The number of rotatable bonds is 1. The van der Waals surface area contributed by atoms with E-state index in [-0.39, 0.29) is 17.2 Å². The van der Waals surface area contributed by atoms with Crippen molar-refractivity contribution in [3.05, 3.63) is 24.6 Å². The summed E-state index contributed by atoms with van der Waals surface area (Å²) in [6.45, 7) is 3.53. The minimum absolute atomic E-state index is 0.0460. The van der Waals surface area contributed by atoms with E-state index in [9.17, 15) is 0 Å². The molecule has 3 N–H and O–H groups in total. The molecule has 11 heavy (non-hydrogen) atoms. The van der Waals surface area contributed by atoms with E-state index in [1.54, 1.807) is 0 Å². The van der Waals surface area contributed by atoms with Crippen molar-refractivity contribution < 1.29 is 15.3 Å². The van der Waals surface area contributed by atoms with Crippen LogP contribution in [0.1, 0.15) is 5.56 Å². The van der Waals surface area contributed by atoms with Gasteiger partial charge in [0.2, 0.25) is 0 Å². The summed E-state index contributed by atoms with van der Waals surface area (Å²) in [5.41, 5.74) is 0.514. The summed E-state index contributed by atoms with van der Waals surface area (Å²) >= 11 is 0. The maximum Gasteiger partial charge on any atom is 0.161 e. The quantitative estimate of drug-likeness (QED) is 0.419. The van der Waals surface area contributed by atoms with E-state index in [1.165, 1.54) is 6.07 Å². The normalized spacial score (nSPS) is 9.91. The van der Waals surface area contributed by atoms with Gasteiger partial charge in [-0.1, -0.05) is 0 Å². The van der Waals surface area contributed by atoms with E-state index >= 15 is 0 Å². The van der Waals surface area contributed by atoms with Gasteiger partial charge in [0.05, 0.1) is 0 Å². The highest BCUT2D eigenvalue weighted by atomic mass is 16.3. The van der Waals surface area contributed by atoms with Gasteiger partial charge in [-0.05, 0) is 25.0 Å². The van der Waals surface area contributed by atoms with Gasteiger partial charge in [-0.2, -0.15) is 0 Å². The van der Waals surface area contributed by atoms with Crippen molar-refractivity contribution in [2.24, 2.45) is 0 Å². The zero-order valence-corrected chi connectivity index (χ0v) is 5.91. The molecule has 59 valence electrons. The molecule has 0 unspecified atom stereocenters. The Morgan fingerprint density at radius 2 is 1.55 bits per heavy atom. The average Bonchev–Trinajstić information content (AvgIpc) is 1.97. The molecule has 0 spiro atoms. The Morgan fingerprint density at radius 3 is 2.09 bits per heavy atom. The molecule has 3 nitrogen and oxygen atoms in total. The van der Waals surface area contributed by atoms with Crippen LogP contribution in [0.5, 0.6) is 17.2 Å². The van der Waals surface area contributed by atoms with Crippen molar-refractivity contribution in [1.29, 1.82) is 0 Å². The van der Waals surface area contributed by atoms with Crippen molar-refractivity contribution >= 4 is 0 Å². The molecular weight excluding hydrogens is 144 g/mol. The highest BCUT2D eigenvalue weighted by Crippen LogP contribution is 2.31. The van der Waals surface area contributed by atoms with Gasteiger partial charge in [0.1, 0.15) is 5.75 Å². The Labute approximate surface area is 64.5 Å². The minimum Gasteiger partial charge on any atom is -0.508 e. The summed E-state index contributed by atoms with van der Waals surface area (Å²) < 4.78 is 0. The van der Waals surface area contributed by atoms with Crippen LogP contribution in [0, 0.1) is 6.92 Å². The van der Waals surface area contributed by atoms with Gasteiger partial charge in [-0.15, -0.1) is 0 Å². The van der Waals surface area contributed by atoms with Crippen LogP contribution in [0.3, 0.4) is 0 Å². The third kappa shape index (κ3) is 1.37. The fourth-order valence-electron chi connectivity index (χ4n) is 0.809. The average molecular weight is 153 g/mol. The van der Waals surface area contributed by atoms with Crippen molar-refractivity contribution in [2.75, 3.05) is 0 Å². The number of hydrogen-bond acceptors (Lipinski definition) is 3. The highest BCUT2D eigenvalue weighted by Gasteiger charge is 2.04. The first-order chi connectivity index (χ1) is 5.15. The first-order valence-corrected chi connectivity index (χ1v) is 3.18. The van der Waals surface area contributed by atoms with Crippen molar-refractivity contribution in [2.45, 2.75) is 6.42 Å². The van der Waals surface area contributed by atoms with Crippen LogP contribution in [0.15, 0.2) is 12.1 Å². The predicted octanol–water partition coefficient (Wildman–Crippen LogP) is 1.18. The second-order valence-electron chi connectivity index (χ2n) is 2.22. The van der Waals surface area contributed by atoms with Crippen LogP contribution in [0.2, 0.25) is 0 Å². The van der Waals surface area contributed by atoms with Crippen LogP contribution in [-0.2, 0) is 6.42 Å². The van der Waals surface area contributed by atoms with E-state index in [2.05, 4.69) is 6.92 Å². The van der Waals surface area contributed by atoms with Crippen LogP contribution < -0.4 is 0 Å². The van der Waals surface area contributed by atoms with Crippen LogP contribution >= 0.6 is 0 Å². The molecule has 0 atom stereocenters. The predicted molar refractivity (Wildman–Crippen MR) is 40.5 cm³/mol. The summed E-state index contributed by atoms with van der Waals surface area (Å²) in [4.78, 5) is 0. The van der Waals surface area contributed by atoms with Crippen molar-refractivity contribution in [3.63, 3.8) is 0 Å². The van der Waals surface area contributed by atoms with E-state index in [0.29, 0.717) is 12.0 Å². The standard InChI is InChI=1S/C8H9O3/c1-2-5-3-7(10)8(11)4-6(5)9/h3-4,9-11H,1-2H2. The molecule has 0 bridgehead atoms. The molecule has 0 aliphatic rings. The fourth-order valence-corrected chi connectivity index (χ4v) is 0.809. The zero-order valence-electron chi connectivity index (χ0n) is 5.91. The van der Waals surface area contributed by atoms with Crippen molar-refractivity contribution in [1.82, 2.24) is 0 Å². The van der Waals surface area contributed by atoms with Crippen LogP contribution in [0.4, 0.5) is 0 Å². The second kappa shape index (κ2) is 2.70. The Bertz CT molecular complexity index is 268. The number of phenolic OH excluding ortho intramolecular Hbond substituents is 3. The molecule has 1 rings (SSSR count). The lowest BCUT2D eigenvalue weighted by Gasteiger charge is -2.03. The molecule has 0 aromatic heterocycles. The molecule has 0 saturated heterocycles. The second-order valence-corrected chi connectivity index (χ2v) is 2.22. The number of aromatic hydroxyl groups is 3. The molecular formula is C8H9O3. The molecule has 3 heteroatoms. The van der Waals surface area contributed by atoms with E-state index < -0.39 is 0 Å². The summed E-state index contributed by atoms with van der Waals surface area (Å²) in [5.74, 6) is -0.601.